The van der Waals surface area contributed by atoms with Gasteiger partial charge in [-0.2, -0.15) is 0 Å². The molecule has 1 unspecified atom stereocenters. The Morgan fingerprint density at radius 2 is 1.76 bits per heavy atom. The first-order valence-corrected chi connectivity index (χ1v) is 6.51. The molecule has 0 aliphatic heterocycles. The molecule has 0 bridgehead atoms. The van der Waals surface area contributed by atoms with Crippen LogP contribution in [-0.4, -0.2) is 21.3 Å². The van der Waals surface area contributed by atoms with Crippen LogP contribution in [0.5, 0.6) is 11.5 Å². The molecule has 0 radical (unpaired) electrons. The molecule has 4 heteroatoms. The zero-order valence-corrected chi connectivity index (χ0v) is 11.5. The summed E-state index contributed by atoms with van der Waals surface area (Å²) in [5, 5.41) is 28.6. The van der Waals surface area contributed by atoms with Crippen molar-refractivity contribution in [3.05, 3.63) is 65.2 Å². The molecule has 3 N–H and O–H groups in total. The van der Waals surface area contributed by atoms with Crippen molar-refractivity contribution >= 4 is 12.0 Å². The number of carboxylic acid groups (broad SMARTS) is 1. The fraction of sp³-hybridized carbons (Fsp3) is 0.118. The summed E-state index contributed by atoms with van der Waals surface area (Å²) in [7, 11) is 0. The lowest BCUT2D eigenvalue weighted by Gasteiger charge is -2.17. The van der Waals surface area contributed by atoms with Crippen LogP contribution in [0.3, 0.4) is 0 Å². The summed E-state index contributed by atoms with van der Waals surface area (Å²) in [6, 6.07) is 12.4. The number of aromatic hydroxyl groups is 2. The third-order valence-electron chi connectivity index (χ3n) is 3.37. The van der Waals surface area contributed by atoms with Gasteiger partial charge in [0.05, 0.1) is 0 Å². The molecule has 2 aromatic carbocycles. The summed E-state index contributed by atoms with van der Waals surface area (Å²) < 4.78 is 0. The first-order chi connectivity index (χ1) is 10.0. The first kappa shape index (κ1) is 14.7. The second-order valence-corrected chi connectivity index (χ2v) is 4.74. The molecule has 2 aromatic rings. The Labute approximate surface area is 122 Å². The Bertz CT molecular complexity index is 675. The van der Waals surface area contributed by atoms with Gasteiger partial charge in [-0.1, -0.05) is 43.3 Å². The molecular formula is C17H16O4. The average Bonchev–Trinajstić information content (AvgIpc) is 2.48. The Hall–Kier alpha value is -2.75. The summed E-state index contributed by atoms with van der Waals surface area (Å²) in [5.74, 6) is -1.70. The van der Waals surface area contributed by atoms with E-state index in [2.05, 4.69) is 0 Å². The molecule has 2 rings (SSSR count). The fourth-order valence-electron chi connectivity index (χ4n) is 2.28. The normalized spacial score (nSPS) is 12.4. The summed E-state index contributed by atoms with van der Waals surface area (Å²) >= 11 is 0. The van der Waals surface area contributed by atoms with Gasteiger partial charge in [0.1, 0.15) is 0 Å². The minimum absolute atomic E-state index is 0.188. The van der Waals surface area contributed by atoms with E-state index in [0.29, 0.717) is 11.1 Å². The molecule has 0 aromatic heterocycles. The minimum Gasteiger partial charge on any atom is -0.504 e. The van der Waals surface area contributed by atoms with E-state index in [-0.39, 0.29) is 17.4 Å². The van der Waals surface area contributed by atoms with Crippen LogP contribution in [0, 0.1) is 0 Å². The molecule has 21 heavy (non-hydrogen) atoms. The van der Waals surface area contributed by atoms with Gasteiger partial charge in [0, 0.05) is 17.6 Å². The zero-order chi connectivity index (χ0) is 15.4. The second kappa shape index (κ2) is 6.13. The fourth-order valence-corrected chi connectivity index (χ4v) is 2.28. The maximum absolute atomic E-state index is 10.7. The van der Waals surface area contributed by atoms with Gasteiger partial charge in [0.25, 0.3) is 0 Å². The number of carboxylic acids is 1. The van der Waals surface area contributed by atoms with Crippen molar-refractivity contribution in [1.82, 2.24) is 0 Å². The molecule has 0 aliphatic rings. The van der Waals surface area contributed by atoms with E-state index in [0.717, 1.165) is 11.6 Å². The van der Waals surface area contributed by atoms with Crippen LogP contribution < -0.4 is 0 Å². The van der Waals surface area contributed by atoms with E-state index in [1.54, 1.807) is 6.07 Å². The van der Waals surface area contributed by atoms with Gasteiger partial charge in [-0.15, -0.1) is 0 Å². The maximum atomic E-state index is 10.7. The predicted octanol–water partition coefficient (Wildman–Crippen LogP) is 3.35. The molecule has 0 saturated heterocycles. The SMILES string of the molecule is CC(c1ccccc1)c1c(C=CC(=O)O)ccc(O)c1O. The third-order valence-corrected chi connectivity index (χ3v) is 3.37. The lowest BCUT2D eigenvalue weighted by Crippen LogP contribution is -2.00. The average molecular weight is 284 g/mol. The Morgan fingerprint density at radius 1 is 1.10 bits per heavy atom. The van der Waals surface area contributed by atoms with Gasteiger partial charge >= 0.3 is 5.97 Å². The number of benzene rings is 2. The van der Waals surface area contributed by atoms with Gasteiger partial charge < -0.3 is 15.3 Å². The van der Waals surface area contributed by atoms with Gasteiger partial charge in [-0.25, -0.2) is 4.79 Å². The van der Waals surface area contributed by atoms with E-state index in [1.165, 1.54) is 12.1 Å². The molecule has 0 amide bonds. The number of phenols is 2. The number of rotatable bonds is 4. The highest BCUT2D eigenvalue weighted by Crippen LogP contribution is 2.39. The molecule has 4 nitrogen and oxygen atoms in total. The van der Waals surface area contributed by atoms with Crippen molar-refractivity contribution in [1.29, 1.82) is 0 Å². The van der Waals surface area contributed by atoms with Crippen LogP contribution in [0.15, 0.2) is 48.5 Å². The highest BCUT2D eigenvalue weighted by molar-refractivity contribution is 5.86. The van der Waals surface area contributed by atoms with Gasteiger partial charge in [-0.05, 0) is 23.3 Å². The van der Waals surface area contributed by atoms with Crippen molar-refractivity contribution in [3.63, 3.8) is 0 Å². The number of hydrogen-bond acceptors (Lipinski definition) is 3. The van der Waals surface area contributed by atoms with E-state index in [1.807, 2.05) is 37.3 Å². The third kappa shape index (κ3) is 3.23. The number of carbonyl (C=O) groups is 1. The largest absolute Gasteiger partial charge is 0.504 e. The highest BCUT2D eigenvalue weighted by Gasteiger charge is 2.18. The van der Waals surface area contributed by atoms with Crippen LogP contribution >= 0.6 is 0 Å². The van der Waals surface area contributed by atoms with E-state index < -0.39 is 5.97 Å². The van der Waals surface area contributed by atoms with E-state index in [4.69, 9.17) is 5.11 Å². The minimum atomic E-state index is -1.07. The quantitative estimate of drug-likeness (QED) is 0.594. The lowest BCUT2D eigenvalue weighted by molar-refractivity contribution is -0.131. The molecule has 1 atom stereocenters. The molecule has 0 spiro atoms. The summed E-state index contributed by atoms with van der Waals surface area (Å²) in [6.07, 6.45) is 2.42. The molecule has 0 fully saturated rings. The van der Waals surface area contributed by atoms with Crippen LogP contribution in [0.4, 0.5) is 0 Å². The van der Waals surface area contributed by atoms with Crippen molar-refractivity contribution in [2.45, 2.75) is 12.8 Å². The summed E-state index contributed by atoms with van der Waals surface area (Å²) in [5.41, 5.74) is 2.02. The van der Waals surface area contributed by atoms with Crippen LogP contribution in [0.1, 0.15) is 29.5 Å². The second-order valence-electron chi connectivity index (χ2n) is 4.74. The Morgan fingerprint density at radius 3 is 2.38 bits per heavy atom. The van der Waals surface area contributed by atoms with Crippen molar-refractivity contribution in [3.8, 4) is 11.5 Å². The monoisotopic (exact) mass is 284 g/mol. The van der Waals surface area contributed by atoms with Crippen molar-refractivity contribution in [2.75, 3.05) is 0 Å². The van der Waals surface area contributed by atoms with Gasteiger partial charge in [0.15, 0.2) is 11.5 Å². The summed E-state index contributed by atoms with van der Waals surface area (Å²) in [6.45, 7) is 1.89. The highest BCUT2D eigenvalue weighted by atomic mass is 16.4. The lowest BCUT2D eigenvalue weighted by atomic mass is 9.88. The van der Waals surface area contributed by atoms with Crippen molar-refractivity contribution in [2.24, 2.45) is 0 Å². The van der Waals surface area contributed by atoms with Crippen LogP contribution in [-0.2, 0) is 4.79 Å². The number of aliphatic carboxylic acids is 1. The number of phenolic OH excluding ortho intramolecular Hbond substituents is 2. The van der Waals surface area contributed by atoms with Crippen LogP contribution in [0.25, 0.3) is 6.08 Å². The number of hydrogen-bond donors (Lipinski definition) is 3. The molecular weight excluding hydrogens is 268 g/mol. The van der Waals surface area contributed by atoms with E-state index >= 15 is 0 Å². The van der Waals surface area contributed by atoms with Gasteiger partial charge in [-0.3, -0.25) is 0 Å². The van der Waals surface area contributed by atoms with Crippen LogP contribution in [0.2, 0.25) is 0 Å². The topological polar surface area (TPSA) is 77.8 Å². The van der Waals surface area contributed by atoms with Crippen molar-refractivity contribution < 1.29 is 20.1 Å². The van der Waals surface area contributed by atoms with E-state index in [9.17, 15) is 15.0 Å². The summed E-state index contributed by atoms with van der Waals surface area (Å²) in [4.78, 5) is 10.7. The standard InChI is InChI=1S/C17H16O4/c1-11(12-5-3-2-4-6-12)16-13(8-10-15(19)20)7-9-14(18)17(16)21/h2-11,18,21H,1H3,(H,19,20). The molecule has 0 aliphatic carbocycles. The van der Waals surface area contributed by atoms with Gasteiger partial charge in [0.2, 0.25) is 0 Å². The molecule has 0 heterocycles. The Balaban J connectivity index is 2.55. The zero-order valence-electron chi connectivity index (χ0n) is 11.5. The Kier molecular flexibility index (Phi) is 4.28. The molecule has 108 valence electrons. The first-order valence-electron chi connectivity index (χ1n) is 6.51. The molecule has 0 saturated carbocycles. The smallest absolute Gasteiger partial charge is 0.328 e. The maximum Gasteiger partial charge on any atom is 0.328 e. The predicted molar refractivity (Wildman–Crippen MR) is 80.4 cm³/mol.